The van der Waals surface area contributed by atoms with Crippen LogP contribution >= 0.6 is 0 Å². The number of benzene rings is 1. The topological polar surface area (TPSA) is 20.2 Å². The molecule has 2 aliphatic carbocycles. The van der Waals surface area contributed by atoms with Crippen molar-refractivity contribution in [3.63, 3.8) is 0 Å². The van der Waals surface area contributed by atoms with Crippen molar-refractivity contribution in [2.24, 2.45) is 0 Å². The molecule has 1 N–H and O–H groups in total. The van der Waals surface area contributed by atoms with Crippen LogP contribution in [-0.4, -0.2) is 11.7 Å². The Morgan fingerprint density at radius 2 is 1.88 bits per heavy atom. The third-order valence-corrected chi connectivity index (χ3v) is 3.84. The Labute approximate surface area is 97.5 Å². The van der Waals surface area contributed by atoms with Gasteiger partial charge in [0.15, 0.2) is 0 Å². The lowest BCUT2D eigenvalue weighted by atomic mass is 9.91. The zero-order chi connectivity index (χ0) is 11.1. The van der Waals surface area contributed by atoms with Crippen LogP contribution < -0.4 is 0 Å². The fourth-order valence-electron chi connectivity index (χ4n) is 2.45. The molecule has 0 aliphatic heterocycles. The summed E-state index contributed by atoms with van der Waals surface area (Å²) < 4.78 is 0. The van der Waals surface area contributed by atoms with Crippen LogP contribution in [0.2, 0.25) is 0 Å². The Kier molecular flexibility index (Phi) is 2.51. The minimum absolute atomic E-state index is 0.188. The third-order valence-electron chi connectivity index (χ3n) is 3.84. The van der Waals surface area contributed by atoms with E-state index in [0.717, 1.165) is 17.8 Å². The van der Waals surface area contributed by atoms with Crippen molar-refractivity contribution in [3.05, 3.63) is 40.8 Å². The first-order chi connectivity index (χ1) is 7.79. The van der Waals surface area contributed by atoms with Crippen LogP contribution in [-0.2, 0) is 0 Å². The highest BCUT2D eigenvalue weighted by Gasteiger charge is 2.29. The summed E-state index contributed by atoms with van der Waals surface area (Å²) in [5.41, 5.74) is 4.28. The molecular formula is C15H19O. The summed E-state index contributed by atoms with van der Waals surface area (Å²) in [4.78, 5) is 0. The van der Waals surface area contributed by atoms with Gasteiger partial charge in [-0.1, -0.05) is 25.1 Å². The molecule has 1 heteroatoms. The van der Waals surface area contributed by atoms with E-state index in [0.29, 0.717) is 0 Å². The monoisotopic (exact) mass is 215 g/mol. The molecule has 2 fully saturated rings. The molecule has 0 amide bonds. The minimum Gasteiger partial charge on any atom is -0.395 e. The SMILES string of the molecule is C[C](CO)c1cc(C2CC2)ccc1C1CC1. The average Bonchev–Trinajstić information content (AvgIpc) is 3.20. The summed E-state index contributed by atoms with van der Waals surface area (Å²) in [5, 5.41) is 9.32. The standard InChI is InChI=1S/C15H19O/c1-10(9-16)15-8-13(11-2-3-11)6-7-14(15)12-4-5-12/h6-8,11-12,16H,2-5,9H2,1H3. The predicted octanol–water partition coefficient (Wildman–Crippen LogP) is 3.38. The molecule has 3 rings (SSSR count). The van der Waals surface area contributed by atoms with Crippen molar-refractivity contribution >= 4 is 0 Å². The summed E-state index contributed by atoms with van der Waals surface area (Å²) in [6, 6.07) is 6.94. The van der Waals surface area contributed by atoms with Gasteiger partial charge in [-0.3, -0.25) is 0 Å². The Balaban J connectivity index is 1.97. The van der Waals surface area contributed by atoms with Crippen molar-refractivity contribution in [2.75, 3.05) is 6.61 Å². The fourth-order valence-corrected chi connectivity index (χ4v) is 2.45. The summed E-state index contributed by atoms with van der Waals surface area (Å²) in [6.45, 7) is 2.24. The minimum atomic E-state index is 0.188. The second kappa shape index (κ2) is 3.89. The van der Waals surface area contributed by atoms with Gasteiger partial charge >= 0.3 is 0 Å². The van der Waals surface area contributed by atoms with Gasteiger partial charge in [-0.05, 0) is 54.2 Å². The summed E-state index contributed by atoms with van der Waals surface area (Å²) in [5.74, 6) is 2.70. The predicted molar refractivity (Wildman–Crippen MR) is 65.5 cm³/mol. The maximum atomic E-state index is 9.32. The molecule has 85 valence electrons. The molecule has 2 saturated carbocycles. The van der Waals surface area contributed by atoms with Crippen LogP contribution in [0.3, 0.4) is 0 Å². The van der Waals surface area contributed by atoms with E-state index in [9.17, 15) is 5.11 Å². The van der Waals surface area contributed by atoms with Crippen molar-refractivity contribution in [2.45, 2.75) is 44.4 Å². The molecule has 0 saturated heterocycles. The highest BCUT2D eigenvalue weighted by atomic mass is 16.3. The molecule has 1 radical (unpaired) electrons. The van der Waals surface area contributed by atoms with Gasteiger partial charge in [-0.2, -0.15) is 0 Å². The third kappa shape index (κ3) is 1.89. The van der Waals surface area contributed by atoms with E-state index in [-0.39, 0.29) is 6.61 Å². The van der Waals surface area contributed by atoms with E-state index in [2.05, 4.69) is 25.1 Å². The van der Waals surface area contributed by atoms with Gasteiger partial charge in [0.1, 0.15) is 0 Å². The largest absolute Gasteiger partial charge is 0.395 e. The van der Waals surface area contributed by atoms with E-state index in [1.54, 1.807) is 0 Å². The Bertz CT molecular complexity index is 388. The molecule has 1 aromatic carbocycles. The normalized spacial score (nSPS) is 20.4. The number of aliphatic hydroxyl groups is 1. The van der Waals surface area contributed by atoms with Crippen LogP contribution in [0, 0.1) is 5.92 Å². The van der Waals surface area contributed by atoms with Gasteiger partial charge in [0.25, 0.3) is 0 Å². The summed E-state index contributed by atoms with van der Waals surface area (Å²) >= 11 is 0. The first-order valence-electron chi connectivity index (χ1n) is 6.37. The lowest BCUT2D eigenvalue weighted by Gasteiger charge is -2.15. The zero-order valence-electron chi connectivity index (χ0n) is 9.87. The highest BCUT2D eigenvalue weighted by molar-refractivity contribution is 5.45. The van der Waals surface area contributed by atoms with Crippen LogP contribution in [0.4, 0.5) is 0 Å². The van der Waals surface area contributed by atoms with Gasteiger partial charge in [0, 0.05) is 5.92 Å². The molecule has 0 atom stereocenters. The lowest BCUT2D eigenvalue weighted by molar-refractivity contribution is 0.314. The molecule has 1 aromatic rings. The Morgan fingerprint density at radius 3 is 2.44 bits per heavy atom. The second-order valence-electron chi connectivity index (χ2n) is 5.33. The van der Waals surface area contributed by atoms with E-state index in [4.69, 9.17) is 0 Å². The lowest BCUT2D eigenvalue weighted by Crippen LogP contribution is -2.04. The quantitative estimate of drug-likeness (QED) is 0.816. The highest BCUT2D eigenvalue weighted by Crippen LogP contribution is 2.46. The average molecular weight is 215 g/mol. The number of rotatable bonds is 4. The maximum Gasteiger partial charge on any atom is 0.0534 e. The van der Waals surface area contributed by atoms with Crippen molar-refractivity contribution < 1.29 is 5.11 Å². The van der Waals surface area contributed by atoms with E-state index >= 15 is 0 Å². The molecule has 1 nitrogen and oxygen atoms in total. The zero-order valence-corrected chi connectivity index (χ0v) is 9.87. The molecule has 0 heterocycles. The second-order valence-corrected chi connectivity index (χ2v) is 5.33. The Hall–Kier alpha value is -0.820. The van der Waals surface area contributed by atoms with E-state index in [1.807, 2.05) is 0 Å². The van der Waals surface area contributed by atoms with Crippen molar-refractivity contribution in [1.29, 1.82) is 0 Å². The van der Waals surface area contributed by atoms with Crippen molar-refractivity contribution in [3.8, 4) is 0 Å². The van der Waals surface area contributed by atoms with Crippen LogP contribution in [0.1, 0.15) is 61.1 Å². The van der Waals surface area contributed by atoms with Gasteiger partial charge in [0.2, 0.25) is 0 Å². The smallest absolute Gasteiger partial charge is 0.0534 e. The molecular weight excluding hydrogens is 196 g/mol. The van der Waals surface area contributed by atoms with Crippen LogP contribution in [0.5, 0.6) is 0 Å². The van der Waals surface area contributed by atoms with Crippen LogP contribution in [0.15, 0.2) is 18.2 Å². The molecule has 2 aliphatic rings. The van der Waals surface area contributed by atoms with Gasteiger partial charge in [-0.15, -0.1) is 0 Å². The maximum absolute atomic E-state index is 9.32. The molecule has 0 bridgehead atoms. The first kappa shape index (κ1) is 10.3. The summed E-state index contributed by atoms with van der Waals surface area (Å²) in [6.07, 6.45) is 5.35. The molecule has 0 spiro atoms. The van der Waals surface area contributed by atoms with E-state index < -0.39 is 0 Å². The first-order valence-corrected chi connectivity index (χ1v) is 6.37. The number of aliphatic hydroxyl groups excluding tert-OH is 1. The van der Waals surface area contributed by atoms with Gasteiger partial charge < -0.3 is 5.11 Å². The van der Waals surface area contributed by atoms with Gasteiger partial charge in [0.05, 0.1) is 6.61 Å². The van der Waals surface area contributed by atoms with Crippen molar-refractivity contribution in [1.82, 2.24) is 0 Å². The summed E-state index contributed by atoms with van der Waals surface area (Å²) in [7, 11) is 0. The van der Waals surface area contributed by atoms with Gasteiger partial charge in [-0.25, -0.2) is 0 Å². The van der Waals surface area contributed by atoms with E-state index in [1.165, 1.54) is 42.4 Å². The molecule has 0 unspecified atom stereocenters. The molecule has 16 heavy (non-hydrogen) atoms. The fraction of sp³-hybridized carbons (Fsp3) is 0.533. The van der Waals surface area contributed by atoms with Crippen LogP contribution in [0.25, 0.3) is 0 Å². The molecule has 0 aromatic heterocycles. The number of hydrogen-bond acceptors (Lipinski definition) is 1. The number of hydrogen-bond donors (Lipinski definition) is 1. The Morgan fingerprint density at radius 1 is 1.19 bits per heavy atom.